The van der Waals surface area contributed by atoms with Crippen molar-refractivity contribution in [3.8, 4) is 11.5 Å². The van der Waals surface area contributed by atoms with Gasteiger partial charge in [0.1, 0.15) is 12.4 Å². The Bertz CT molecular complexity index is 657. The Morgan fingerprint density at radius 3 is 2.86 bits per heavy atom. The number of halogens is 1. The average Bonchev–Trinajstić information content (AvgIpc) is 2.87. The Morgan fingerprint density at radius 2 is 2.10 bits per heavy atom. The molecule has 110 valence electrons. The number of nitrogens with two attached hydrogens (primary N) is 1. The summed E-state index contributed by atoms with van der Waals surface area (Å²) >= 11 is 0. The molecule has 0 aliphatic heterocycles. The number of hydrogen-bond acceptors (Lipinski definition) is 3. The van der Waals surface area contributed by atoms with Crippen LogP contribution in [-0.2, 0) is 13.0 Å². The van der Waals surface area contributed by atoms with E-state index >= 15 is 0 Å². The lowest BCUT2D eigenvalue weighted by Gasteiger charge is -2.12. The molecule has 1 unspecified atom stereocenters. The zero-order valence-electron chi connectivity index (χ0n) is 11.9. The molecule has 2 N–H and O–H groups in total. The third kappa shape index (κ3) is 2.72. The highest BCUT2D eigenvalue weighted by Crippen LogP contribution is 2.35. The van der Waals surface area contributed by atoms with Crippen LogP contribution in [0, 0.1) is 5.82 Å². The van der Waals surface area contributed by atoms with Gasteiger partial charge in [0.05, 0.1) is 7.11 Å². The van der Waals surface area contributed by atoms with Crippen LogP contribution in [0.25, 0.3) is 0 Å². The highest BCUT2D eigenvalue weighted by atomic mass is 19.1. The van der Waals surface area contributed by atoms with Gasteiger partial charge in [0.15, 0.2) is 11.6 Å². The third-order valence-electron chi connectivity index (χ3n) is 3.88. The Labute approximate surface area is 123 Å². The first-order chi connectivity index (χ1) is 10.2. The zero-order valence-corrected chi connectivity index (χ0v) is 11.9. The monoisotopic (exact) mass is 287 g/mol. The topological polar surface area (TPSA) is 44.5 Å². The van der Waals surface area contributed by atoms with Crippen molar-refractivity contribution in [2.45, 2.75) is 25.5 Å². The second-order valence-corrected chi connectivity index (χ2v) is 5.23. The molecule has 0 radical (unpaired) electrons. The van der Waals surface area contributed by atoms with Gasteiger partial charge in [-0.1, -0.05) is 18.2 Å². The van der Waals surface area contributed by atoms with Crippen molar-refractivity contribution in [1.29, 1.82) is 0 Å². The molecule has 0 fully saturated rings. The molecule has 1 aliphatic rings. The first kappa shape index (κ1) is 13.9. The molecule has 3 rings (SSSR count). The number of methoxy groups -OCH3 is 1. The molecule has 4 heteroatoms. The van der Waals surface area contributed by atoms with Crippen LogP contribution < -0.4 is 15.2 Å². The standard InChI is InChI=1S/C17H18FNO2/c1-20-17-8-5-11(9-14(17)18)10-21-16-4-2-3-12-13(16)6-7-15(12)19/h2-5,8-9,15H,6-7,10,19H2,1H3. The van der Waals surface area contributed by atoms with E-state index in [9.17, 15) is 4.39 Å². The van der Waals surface area contributed by atoms with Crippen LogP contribution in [-0.4, -0.2) is 7.11 Å². The van der Waals surface area contributed by atoms with Gasteiger partial charge in [-0.05, 0) is 47.7 Å². The smallest absolute Gasteiger partial charge is 0.165 e. The number of ether oxygens (including phenoxy) is 2. The van der Waals surface area contributed by atoms with Gasteiger partial charge in [0.2, 0.25) is 0 Å². The first-order valence-electron chi connectivity index (χ1n) is 7.01. The van der Waals surface area contributed by atoms with E-state index in [1.807, 2.05) is 18.2 Å². The summed E-state index contributed by atoms with van der Waals surface area (Å²) in [4.78, 5) is 0. The predicted octanol–water partition coefficient (Wildman–Crippen LogP) is 3.36. The Hall–Kier alpha value is -2.07. The maximum atomic E-state index is 13.6. The summed E-state index contributed by atoms with van der Waals surface area (Å²) in [6.45, 7) is 0.326. The second kappa shape index (κ2) is 5.74. The molecular weight excluding hydrogens is 269 g/mol. The van der Waals surface area contributed by atoms with Gasteiger partial charge in [-0.25, -0.2) is 4.39 Å². The summed E-state index contributed by atoms with van der Waals surface area (Å²) in [5.41, 5.74) is 9.17. The van der Waals surface area contributed by atoms with Gasteiger partial charge >= 0.3 is 0 Å². The Morgan fingerprint density at radius 1 is 1.24 bits per heavy atom. The number of rotatable bonds is 4. The highest BCUT2D eigenvalue weighted by Gasteiger charge is 2.22. The SMILES string of the molecule is COc1ccc(COc2cccc3c2CCC3N)cc1F. The van der Waals surface area contributed by atoms with Crippen molar-refractivity contribution >= 4 is 0 Å². The summed E-state index contributed by atoms with van der Waals surface area (Å²) < 4.78 is 24.4. The molecule has 0 heterocycles. The van der Waals surface area contributed by atoms with E-state index in [1.54, 1.807) is 12.1 Å². The van der Waals surface area contributed by atoms with Crippen LogP contribution in [0.15, 0.2) is 36.4 Å². The maximum absolute atomic E-state index is 13.6. The maximum Gasteiger partial charge on any atom is 0.165 e. The third-order valence-corrected chi connectivity index (χ3v) is 3.88. The van der Waals surface area contributed by atoms with Crippen LogP contribution in [0.3, 0.4) is 0 Å². The molecule has 0 aromatic heterocycles. The zero-order chi connectivity index (χ0) is 14.8. The van der Waals surface area contributed by atoms with Gasteiger partial charge in [-0.15, -0.1) is 0 Å². The molecule has 1 aliphatic carbocycles. The summed E-state index contributed by atoms with van der Waals surface area (Å²) in [7, 11) is 1.45. The molecule has 0 saturated carbocycles. The fourth-order valence-electron chi connectivity index (χ4n) is 2.75. The van der Waals surface area contributed by atoms with Crippen molar-refractivity contribution in [2.24, 2.45) is 5.73 Å². The van der Waals surface area contributed by atoms with E-state index in [1.165, 1.54) is 18.7 Å². The van der Waals surface area contributed by atoms with Gasteiger partial charge < -0.3 is 15.2 Å². The van der Waals surface area contributed by atoms with Crippen LogP contribution in [0.4, 0.5) is 4.39 Å². The fraction of sp³-hybridized carbons (Fsp3) is 0.294. The molecule has 3 nitrogen and oxygen atoms in total. The van der Waals surface area contributed by atoms with Crippen molar-refractivity contribution < 1.29 is 13.9 Å². The molecule has 0 amide bonds. The van der Waals surface area contributed by atoms with Gasteiger partial charge in [-0.3, -0.25) is 0 Å². The minimum absolute atomic E-state index is 0.0991. The predicted molar refractivity (Wildman–Crippen MR) is 79.0 cm³/mol. The molecule has 1 atom stereocenters. The van der Waals surface area contributed by atoms with Crippen molar-refractivity contribution in [3.05, 3.63) is 58.9 Å². The van der Waals surface area contributed by atoms with Crippen molar-refractivity contribution in [1.82, 2.24) is 0 Å². The second-order valence-electron chi connectivity index (χ2n) is 5.23. The van der Waals surface area contributed by atoms with Crippen molar-refractivity contribution in [2.75, 3.05) is 7.11 Å². The quantitative estimate of drug-likeness (QED) is 0.937. The minimum Gasteiger partial charge on any atom is -0.494 e. The van der Waals surface area contributed by atoms with Gasteiger partial charge in [-0.2, -0.15) is 0 Å². The molecule has 2 aromatic carbocycles. The largest absolute Gasteiger partial charge is 0.494 e. The molecule has 0 spiro atoms. The fourth-order valence-corrected chi connectivity index (χ4v) is 2.75. The van der Waals surface area contributed by atoms with Crippen LogP contribution in [0.1, 0.15) is 29.2 Å². The lowest BCUT2D eigenvalue weighted by atomic mass is 10.1. The van der Waals surface area contributed by atoms with E-state index in [0.717, 1.165) is 29.7 Å². The number of benzene rings is 2. The van der Waals surface area contributed by atoms with E-state index in [-0.39, 0.29) is 17.6 Å². The van der Waals surface area contributed by atoms with Crippen molar-refractivity contribution in [3.63, 3.8) is 0 Å². The lowest BCUT2D eigenvalue weighted by molar-refractivity contribution is 0.302. The minimum atomic E-state index is -0.376. The van der Waals surface area contributed by atoms with Crippen LogP contribution in [0.5, 0.6) is 11.5 Å². The molecule has 2 aromatic rings. The van der Waals surface area contributed by atoms with E-state index in [0.29, 0.717) is 6.61 Å². The van der Waals surface area contributed by atoms with E-state index in [4.69, 9.17) is 15.2 Å². The molecule has 0 saturated heterocycles. The number of fused-ring (bicyclic) bond motifs is 1. The van der Waals surface area contributed by atoms with Crippen LogP contribution >= 0.6 is 0 Å². The summed E-state index contributed by atoms with van der Waals surface area (Å²) in [5.74, 6) is 0.709. The summed E-state index contributed by atoms with van der Waals surface area (Å²) in [5, 5.41) is 0. The summed E-state index contributed by atoms with van der Waals surface area (Å²) in [6, 6.07) is 10.9. The summed E-state index contributed by atoms with van der Waals surface area (Å²) in [6.07, 6.45) is 1.89. The highest BCUT2D eigenvalue weighted by molar-refractivity contribution is 5.45. The Kier molecular flexibility index (Phi) is 3.80. The van der Waals surface area contributed by atoms with E-state index in [2.05, 4.69) is 0 Å². The van der Waals surface area contributed by atoms with E-state index < -0.39 is 0 Å². The van der Waals surface area contributed by atoms with Gasteiger partial charge in [0.25, 0.3) is 0 Å². The average molecular weight is 287 g/mol. The number of hydrogen-bond donors (Lipinski definition) is 1. The molecule has 0 bridgehead atoms. The van der Waals surface area contributed by atoms with Crippen LogP contribution in [0.2, 0.25) is 0 Å². The molecule has 21 heavy (non-hydrogen) atoms. The lowest BCUT2D eigenvalue weighted by Crippen LogP contribution is -2.05. The molecular formula is C17H18FNO2. The first-order valence-corrected chi connectivity index (χ1v) is 7.01. The van der Waals surface area contributed by atoms with Gasteiger partial charge in [0, 0.05) is 6.04 Å². The normalized spacial score (nSPS) is 16.6. The Balaban J connectivity index is 1.75.